The third kappa shape index (κ3) is 3.98. The Morgan fingerprint density at radius 2 is 1.82 bits per heavy atom. The lowest BCUT2D eigenvalue weighted by Crippen LogP contribution is -2.25. The van der Waals surface area contributed by atoms with Crippen molar-refractivity contribution in [1.82, 2.24) is 0 Å². The van der Waals surface area contributed by atoms with Crippen LogP contribution in [0.2, 0.25) is 5.02 Å². The van der Waals surface area contributed by atoms with Gasteiger partial charge in [0.05, 0.1) is 6.10 Å². The topological polar surface area (TPSA) is 54.4 Å². The Balaban J connectivity index is 3.11. The molecule has 96 valence electrons. The predicted molar refractivity (Wildman–Crippen MR) is 70.0 cm³/mol. The standard InChI is InChI=1S/C12H17ClO3S/c1-3-4-11(14)12(17(2,15)16)9-5-7-10(13)8-6-9/h5-8,11-12,14H,3-4H2,1-2H3. The summed E-state index contributed by atoms with van der Waals surface area (Å²) in [5, 5.41) is 9.63. The lowest BCUT2D eigenvalue weighted by Gasteiger charge is -2.21. The molecule has 0 spiro atoms. The number of sulfone groups is 1. The largest absolute Gasteiger partial charge is 0.391 e. The van der Waals surface area contributed by atoms with E-state index in [2.05, 4.69) is 0 Å². The van der Waals surface area contributed by atoms with Crippen LogP contribution in [0, 0.1) is 0 Å². The van der Waals surface area contributed by atoms with E-state index in [4.69, 9.17) is 11.6 Å². The number of benzene rings is 1. The summed E-state index contributed by atoms with van der Waals surface area (Å²) in [6, 6.07) is 6.56. The number of aliphatic hydroxyl groups excluding tert-OH is 1. The highest BCUT2D eigenvalue weighted by molar-refractivity contribution is 7.91. The molecular formula is C12H17ClO3S. The maximum Gasteiger partial charge on any atom is 0.157 e. The molecule has 0 aliphatic heterocycles. The first-order valence-electron chi connectivity index (χ1n) is 5.48. The zero-order chi connectivity index (χ0) is 13.1. The number of rotatable bonds is 5. The molecule has 0 amide bonds. The van der Waals surface area contributed by atoms with E-state index in [-0.39, 0.29) is 0 Å². The van der Waals surface area contributed by atoms with Crippen LogP contribution in [0.4, 0.5) is 0 Å². The van der Waals surface area contributed by atoms with Gasteiger partial charge in [0.1, 0.15) is 5.25 Å². The molecule has 1 N–H and O–H groups in total. The molecule has 0 radical (unpaired) electrons. The van der Waals surface area contributed by atoms with Crippen LogP contribution in [0.3, 0.4) is 0 Å². The molecular weight excluding hydrogens is 260 g/mol. The molecule has 1 aromatic rings. The number of hydrogen-bond acceptors (Lipinski definition) is 3. The molecule has 0 fully saturated rings. The first-order valence-corrected chi connectivity index (χ1v) is 7.82. The van der Waals surface area contributed by atoms with E-state index >= 15 is 0 Å². The van der Waals surface area contributed by atoms with E-state index < -0.39 is 21.2 Å². The molecule has 0 aliphatic rings. The van der Waals surface area contributed by atoms with Gasteiger partial charge in [-0.2, -0.15) is 0 Å². The van der Waals surface area contributed by atoms with E-state index in [1.54, 1.807) is 24.3 Å². The molecule has 2 atom stereocenters. The summed E-state index contributed by atoms with van der Waals surface area (Å²) >= 11 is 5.76. The van der Waals surface area contributed by atoms with E-state index in [0.717, 1.165) is 12.7 Å². The van der Waals surface area contributed by atoms with E-state index in [0.29, 0.717) is 17.0 Å². The average molecular weight is 277 g/mol. The zero-order valence-electron chi connectivity index (χ0n) is 9.93. The number of aliphatic hydroxyl groups is 1. The maximum absolute atomic E-state index is 11.7. The number of halogens is 1. The second-order valence-electron chi connectivity index (χ2n) is 4.16. The van der Waals surface area contributed by atoms with Crippen molar-refractivity contribution in [3.63, 3.8) is 0 Å². The van der Waals surface area contributed by atoms with Gasteiger partial charge in [-0.25, -0.2) is 8.42 Å². The molecule has 0 bridgehead atoms. The molecule has 2 unspecified atom stereocenters. The Hall–Kier alpha value is -0.580. The van der Waals surface area contributed by atoms with Crippen molar-refractivity contribution in [1.29, 1.82) is 0 Å². The Kier molecular flexibility index (Phi) is 4.98. The average Bonchev–Trinajstić information content (AvgIpc) is 2.19. The normalized spacial score (nSPS) is 15.5. The van der Waals surface area contributed by atoms with E-state index in [1.807, 2.05) is 6.92 Å². The van der Waals surface area contributed by atoms with Crippen LogP contribution in [-0.4, -0.2) is 25.9 Å². The molecule has 17 heavy (non-hydrogen) atoms. The van der Waals surface area contributed by atoms with Crippen LogP contribution >= 0.6 is 11.6 Å². The van der Waals surface area contributed by atoms with Gasteiger partial charge in [0, 0.05) is 11.3 Å². The fourth-order valence-corrected chi connectivity index (χ4v) is 3.34. The predicted octanol–water partition coefficient (Wildman–Crippen LogP) is 2.59. The molecule has 0 aromatic heterocycles. The minimum atomic E-state index is -3.35. The summed E-state index contributed by atoms with van der Waals surface area (Å²) in [7, 11) is -3.35. The van der Waals surface area contributed by atoms with Crippen LogP contribution in [0.15, 0.2) is 24.3 Å². The molecule has 0 heterocycles. The van der Waals surface area contributed by atoms with Crippen molar-refractivity contribution >= 4 is 21.4 Å². The minimum absolute atomic E-state index is 0.459. The van der Waals surface area contributed by atoms with Gasteiger partial charge in [0.15, 0.2) is 9.84 Å². The van der Waals surface area contributed by atoms with Crippen molar-refractivity contribution in [3.05, 3.63) is 34.9 Å². The molecule has 1 aromatic carbocycles. The van der Waals surface area contributed by atoms with Crippen molar-refractivity contribution < 1.29 is 13.5 Å². The van der Waals surface area contributed by atoms with Crippen molar-refractivity contribution in [2.24, 2.45) is 0 Å². The molecule has 5 heteroatoms. The Labute approximate surface area is 107 Å². The summed E-state index contributed by atoms with van der Waals surface area (Å²) in [5.41, 5.74) is 0.581. The minimum Gasteiger partial charge on any atom is -0.391 e. The lowest BCUT2D eigenvalue weighted by molar-refractivity contribution is 0.157. The first kappa shape index (κ1) is 14.5. The number of hydrogen-bond donors (Lipinski definition) is 1. The van der Waals surface area contributed by atoms with Crippen molar-refractivity contribution in [2.75, 3.05) is 6.26 Å². The smallest absolute Gasteiger partial charge is 0.157 e. The highest BCUT2D eigenvalue weighted by Gasteiger charge is 2.29. The van der Waals surface area contributed by atoms with Crippen LogP contribution < -0.4 is 0 Å². The monoisotopic (exact) mass is 276 g/mol. The van der Waals surface area contributed by atoms with Crippen molar-refractivity contribution in [3.8, 4) is 0 Å². The van der Waals surface area contributed by atoms with Crippen LogP contribution in [0.1, 0.15) is 30.6 Å². The van der Waals surface area contributed by atoms with Gasteiger partial charge in [-0.3, -0.25) is 0 Å². The van der Waals surface area contributed by atoms with E-state index in [9.17, 15) is 13.5 Å². The van der Waals surface area contributed by atoms with Crippen molar-refractivity contribution in [2.45, 2.75) is 31.1 Å². The van der Waals surface area contributed by atoms with E-state index in [1.165, 1.54) is 0 Å². The summed E-state index contributed by atoms with van der Waals surface area (Å²) in [6.45, 7) is 1.91. The maximum atomic E-state index is 11.7. The molecule has 0 saturated heterocycles. The van der Waals surface area contributed by atoms with Crippen LogP contribution in [0.5, 0.6) is 0 Å². The summed E-state index contributed by atoms with van der Waals surface area (Å²) in [4.78, 5) is 0. The Morgan fingerprint density at radius 3 is 2.24 bits per heavy atom. The van der Waals surface area contributed by atoms with Gasteiger partial charge in [-0.15, -0.1) is 0 Å². The fraction of sp³-hybridized carbons (Fsp3) is 0.500. The lowest BCUT2D eigenvalue weighted by atomic mass is 10.0. The molecule has 3 nitrogen and oxygen atoms in total. The second-order valence-corrected chi connectivity index (χ2v) is 6.76. The SMILES string of the molecule is CCCC(O)C(c1ccc(Cl)cc1)S(C)(=O)=O. The Bertz CT molecular complexity index is 453. The summed E-state index contributed by atoms with van der Waals surface area (Å²) < 4.78 is 23.5. The van der Waals surface area contributed by atoms with Crippen LogP contribution in [0.25, 0.3) is 0 Å². The zero-order valence-corrected chi connectivity index (χ0v) is 11.5. The molecule has 0 aliphatic carbocycles. The molecule has 1 rings (SSSR count). The fourth-order valence-electron chi connectivity index (χ4n) is 1.85. The summed E-state index contributed by atoms with van der Waals surface area (Å²) in [6.07, 6.45) is 1.46. The summed E-state index contributed by atoms with van der Waals surface area (Å²) in [5.74, 6) is 0. The van der Waals surface area contributed by atoms with Gasteiger partial charge >= 0.3 is 0 Å². The third-order valence-electron chi connectivity index (χ3n) is 2.59. The third-order valence-corrected chi connectivity index (χ3v) is 4.35. The Morgan fingerprint density at radius 1 is 1.29 bits per heavy atom. The van der Waals surface area contributed by atoms with Gasteiger partial charge in [-0.05, 0) is 24.1 Å². The molecule has 0 saturated carbocycles. The highest BCUT2D eigenvalue weighted by Crippen LogP contribution is 2.28. The quantitative estimate of drug-likeness (QED) is 0.899. The van der Waals surface area contributed by atoms with Gasteiger partial charge in [0.2, 0.25) is 0 Å². The van der Waals surface area contributed by atoms with Gasteiger partial charge in [-0.1, -0.05) is 37.1 Å². The van der Waals surface area contributed by atoms with Gasteiger partial charge in [0.25, 0.3) is 0 Å². The van der Waals surface area contributed by atoms with Crippen LogP contribution in [-0.2, 0) is 9.84 Å². The van der Waals surface area contributed by atoms with Gasteiger partial charge < -0.3 is 5.11 Å². The second kappa shape index (κ2) is 5.85. The first-order chi connectivity index (χ1) is 7.86. The highest BCUT2D eigenvalue weighted by atomic mass is 35.5.